The van der Waals surface area contributed by atoms with E-state index in [1.807, 2.05) is 0 Å². The fraction of sp³-hybridized carbons (Fsp3) is 0.421. The smallest absolute Gasteiger partial charge is 0.322 e. The van der Waals surface area contributed by atoms with Crippen LogP contribution in [0.15, 0.2) is 35.1 Å². The minimum atomic E-state index is -0.445. The number of amides is 3. The molecule has 10 heteroatoms. The molecule has 10 nitrogen and oxygen atoms in total. The molecular formula is C19H24N4O6. The van der Waals surface area contributed by atoms with Gasteiger partial charge in [0.2, 0.25) is 5.91 Å². The van der Waals surface area contributed by atoms with Gasteiger partial charge in [-0.05, 0) is 25.0 Å². The molecule has 2 aromatic rings. The van der Waals surface area contributed by atoms with Crippen LogP contribution in [0, 0.1) is 0 Å². The summed E-state index contributed by atoms with van der Waals surface area (Å²) >= 11 is 0. The lowest BCUT2D eigenvalue weighted by Crippen LogP contribution is -2.44. The summed E-state index contributed by atoms with van der Waals surface area (Å²) in [6.07, 6.45) is 3.00. The highest BCUT2D eigenvalue weighted by molar-refractivity contribution is 5.97. The molecule has 1 atom stereocenters. The predicted octanol–water partition coefficient (Wildman–Crippen LogP) is 2.34. The number of urea groups is 1. The predicted molar refractivity (Wildman–Crippen MR) is 104 cm³/mol. The first kappa shape index (κ1) is 20.5. The Morgan fingerprint density at radius 2 is 2.10 bits per heavy atom. The maximum absolute atomic E-state index is 12.9. The number of rotatable bonds is 8. The molecule has 3 amide bonds. The van der Waals surface area contributed by atoms with Crippen LogP contribution in [-0.2, 0) is 9.53 Å². The first-order valence-corrected chi connectivity index (χ1v) is 9.19. The Bertz CT molecular complexity index is 820. The molecule has 2 N–H and O–H groups in total. The molecule has 1 aliphatic rings. The summed E-state index contributed by atoms with van der Waals surface area (Å²) < 4.78 is 20.8. The lowest BCUT2D eigenvalue weighted by Gasteiger charge is -2.25. The Hall–Kier alpha value is -3.27. The molecule has 0 saturated carbocycles. The van der Waals surface area contributed by atoms with E-state index in [4.69, 9.17) is 18.7 Å². The molecular weight excluding hydrogens is 380 g/mol. The minimum absolute atomic E-state index is 0.113. The number of nitrogens with zero attached hydrogens (tertiary/aromatic N) is 2. The number of hydrogen-bond donors (Lipinski definition) is 2. The van der Waals surface area contributed by atoms with Crippen LogP contribution in [-0.4, -0.2) is 62.0 Å². The lowest BCUT2D eigenvalue weighted by atomic mass is 10.2. The molecule has 3 rings (SSSR count). The highest BCUT2D eigenvalue weighted by atomic mass is 16.5. The van der Waals surface area contributed by atoms with Crippen molar-refractivity contribution in [3.63, 3.8) is 0 Å². The number of benzene rings is 1. The first-order valence-electron chi connectivity index (χ1n) is 9.19. The zero-order valence-corrected chi connectivity index (χ0v) is 16.3. The average molecular weight is 404 g/mol. The largest absolute Gasteiger partial charge is 0.497 e. The van der Waals surface area contributed by atoms with Crippen molar-refractivity contribution in [1.82, 2.24) is 10.1 Å². The Labute approximate surface area is 168 Å². The molecule has 156 valence electrons. The number of aromatic nitrogens is 1. The van der Waals surface area contributed by atoms with E-state index in [1.165, 1.54) is 24.3 Å². The summed E-state index contributed by atoms with van der Waals surface area (Å²) in [6.45, 7) is 0.769. The topological polar surface area (TPSA) is 115 Å². The highest BCUT2D eigenvalue weighted by Gasteiger charge is 2.25. The van der Waals surface area contributed by atoms with E-state index < -0.39 is 11.9 Å². The van der Waals surface area contributed by atoms with Gasteiger partial charge in [0.05, 0.1) is 26.0 Å². The van der Waals surface area contributed by atoms with Crippen LogP contribution in [0.1, 0.15) is 12.8 Å². The van der Waals surface area contributed by atoms with Gasteiger partial charge in [0.15, 0.2) is 5.82 Å². The number of carbonyl (C=O) groups excluding carboxylic acids is 2. The summed E-state index contributed by atoms with van der Waals surface area (Å²) in [5.41, 5.74) is 0.465. The van der Waals surface area contributed by atoms with Crippen molar-refractivity contribution in [1.29, 1.82) is 0 Å². The monoisotopic (exact) mass is 404 g/mol. The number of ether oxygens (including phenoxy) is 3. The van der Waals surface area contributed by atoms with E-state index in [1.54, 1.807) is 25.3 Å². The molecule has 1 unspecified atom stereocenters. The molecule has 29 heavy (non-hydrogen) atoms. The molecule has 0 spiro atoms. The van der Waals surface area contributed by atoms with Gasteiger partial charge in [-0.25, -0.2) is 4.79 Å². The minimum Gasteiger partial charge on any atom is -0.497 e. The number of methoxy groups -OCH3 is 2. The van der Waals surface area contributed by atoms with Gasteiger partial charge in [-0.1, -0.05) is 5.16 Å². The quantitative estimate of drug-likeness (QED) is 0.694. The molecule has 1 saturated heterocycles. The van der Waals surface area contributed by atoms with Gasteiger partial charge in [0.1, 0.15) is 24.3 Å². The molecule has 2 heterocycles. The van der Waals surface area contributed by atoms with E-state index in [-0.39, 0.29) is 25.0 Å². The van der Waals surface area contributed by atoms with E-state index in [0.29, 0.717) is 23.8 Å². The van der Waals surface area contributed by atoms with Gasteiger partial charge in [0.25, 0.3) is 0 Å². The van der Waals surface area contributed by atoms with Crippen LogP contribution in [0.5, 0.6) is 11.5 Å². The second kappa shape index (κ2) is 9.78. The van der Waals surface area contributed by atoms with Crippen LogP contribution in [0.2, 0.25) is 0 Å². The Kier molecular flexibility index (Phi) is 6.90. The second-order valence-corrected chi connectivity index (χ2v) is 6.44. The number of carbonyl (C=O) groups is 2. The van der Waals surface area contributed by atoms with Gasteiger partial charge < -0.3 is 34.3 Å². The van der Waals surface area contributed by atoms with Crippen molar-refractivity contribution in [2.45, 2.75) is 18.9 Å². The Morgan fingerprint density at radius 3 is 2.76 bits per heavy atom. The summed E-state index contributed by atoms with van der Waals surface area (Å²) in [5, 5.41) is 9.01. The zero-order valence-electron chi connectivity index (χ0n) is 16.3. The van der Waals surface area contributed by atoms with Crippen LogP contribution in [0.25, 0.3) is 0 Å². The standard InChI is InChI=1S/C19H24N4O6/c1-26-13-5-6-15(16(10-13)27-2)20-19(25)23(11-14-4-3-8-28-14)12-18(24)21-17-7-9-29-22-17/h5-7,9-10,14H,3-4,8,11-12H2,1-2H3,(H,20,25)(H,21,22,24). The van der Waals surface area contributed by atoms with Crippen molar-refractivity contribution >= 4 is 23.4 Å². The molecule has 1 aromatic carbocycles. The third-order valence-corrected chi connectivity index (χ3v) is 4.43. The molecule has 1 fully saturated rings. The van der Waals surface area contributed by atoms with Crippen LogP contribution < -0.4 is 20.1 Å². The van der Waals surface area contributed by atoms with Gasteiger partial charge in [-0.3, -0.25) is 4.79 Å². The van der Waals surface area contributed by atoms with E-state index in [0.717, 1.165) is 12.8 Å². The fourth-order valence-electron chi connectivity index (χ4n) is 2.98. The first-order chi connectivity index (χ1) is 14.1. The van der Waals surface area contributed by atoms with Gasteiger partial charge in [0, 0.05) is 25.3 Å². The van der Waals surface area contributed by atoms with Crippen LogP contribution >= 0.6 is 0 Å². The van der Waals surface area contributed by atoms with Crippen molar-refractivity contribution in [3.8, 4) is 11.5 Å². The molecule has 0 aliphatic carbocycles. The van der Waals surface area contributed by atoms with Gasteiger partial charge >= 0.3 is 6.03 Å². The summed E-state index contributed by atoms with van der Waals surface area (Å²) in [6, 6.07) is 6.12. The maximum Gasteiger partial charge on any atom is 0.322 e. The average Bonchev–Trinajstić information content (AvgIpc) is 3.42. The molecule has 1 aliphatic heterocycles. The van der Waals surface area contributed by atoms with E-state index in [9.17, 15) is 9.59 Å². The number of hydrogen-bond acceptors (Lipinski definition) is 7. The molecule has 1 aromatic heterocycles. The summed E-state index contributed by atoms with van der Waals surface area (Å²) in [7, 11) is 3.05. The van der Waals surface area contributed by atoms with Crippen LogP contribution in [0.3, 0.4) is 0 Å². The Balaban J connectivity index is 1.70. The SMILES string of the molecule is COc1ccc(NC(=O)N(CC(=O)Nc2ccon2)CC2CCCO2)c(OC)c1. The maximum atomic E-state index is 12.9. The third-order valence-electron chi connectivity index (χ3n) is 4.43. The molecule has 0 bridgehead atoms. The van der Waals surface area contributed by atoms with Crippen LogP contribution in [0.4, 0.5) is 16.3 Å². The normalized spacial score (nSPS) is 15.6. The van der Waals surface area contributed by atoms with Gasteiger partial charge in [-0.2, -0.15) is 0 Å². The lowest BCUT2D eigenvalue weighted by molar-refractivity contribution is -0.117. The van der Waals surface area contributed by atoms with Crippen molar-refractivity contribution < 1.29 is 28.3 Å². The second-order valence-electron chi connectivity index (χ2n) is 6.44. The summed E-state index contributed by atoms with van der Waals surface area (Å²) in [5.74, 6) is 0.933. The fourth-order valence-corrected chi connectivity index (χ4v) is 2.98. The number of anilines is 2. The summed E-state index contributed by atoms with van der Waals surface area (Å²) in [4.78, 5) is 26.7. The molecule has 0 radical (unpaired) electrons. The third kappa shape index (κ3) is 5.61. The number of nitrogens with one attached hydrogen (secondary N) is 2. The zero-order chi connectivity index (χ0) is 20.6. The van der Waals surface area contributed by atoms with E-state index >= 15 is 0 Å². The van der Waals surface area contributed by atoms with E-state index in [2.05, 4.69) is 15.8 Å². The Morgan fingerprint density at radius 1 is 1.24 bits per heavy atom. The highest BCUT2D eigenvalue weighted by Crippen LogP contribution is 2.29. The van der Waals surface area contributed by atoms with Crippen molar-refractivity contribution in [3.05, 3.63) is 30.5 Å². The van der Waals surface area contributed by atoms with Crippen molar-refractivity contribution in [2.24, 2.45) is 0 Å². The van der Waals surface area contributed by atoms with Gasteiger partial charge in [-0.15, -0.1) is 0 Å². The van der Waals surface area contributed by atoms with Crippen molar-refractivity contribution in [2.75, 3.05) is 44.5 Å².